The van der Waals surface area contributed by atoms with Gasteiger partial charge in [-0.3, -0.25) is 0 Å². The van der Waals surface area contributed by atoms with Gasteiger partial charge in [-0.15, -0.1) is 6.58 Å². The maximum atomic E-state index is 5.31. The van der Waals surface area contributed by atoms with Crippen LogP contribution in [0.15, 0.2) is 12.7 Å². The minimum atomic E-state index is 0.853. The Kier molecular flexibility index (Phi) is 6.65. The molecule has 0 aromatic heterocycles. The zero-order valence-corrected chi connectivity index (χ0v) is 13.6. The molecular weight excluding hydrogens is 248 g/mol. The highest BCUT2D eigenvalue weighted by molar-refractivity contribution is 6.38. The topological polar surface area (TPSA) is 9.23 Å². The second-order valence-corrected chi connectivity index (χ2v) is 8.18. The molecular formula is C17H30OSi. The third kappa shape index (κ3) is 4.75. The number of allylic oxidation sites excluding steroid dienone is 1. The molecule has 0 amide bonds. The van der Waals surface area contributed by atoms with Crippen LogP contribution >= 0.6 is 0 Å². The lowest BCUT2D eigenvalue weighted by Gasteiger charge is -2.37. The van der Waals surface area contributed by atoms with E-state index in [4.69, 9.17) is 4.74 Å². The first-order chi connectivity index (χ1) is 9.33. The van der Waals surface area contributed by atoms with Crippen LogP contribution in [0.2, 0.25) is 11.6 Å². The van der Waals surface area contributed by atoms with Crippen LogP contribution in [0.1, 0.15) is 51.4 Å². The number of ether oxygens (including phenoxy) is 1. The normalized spacial score (nSPS) is 36.1. The Balaban J connectivity index is 1.66. The highest BCUT2D eigenvalue weighted by atomic mass is 28.2. The fraction of sp³-hybridized carbons (Fsp3) is 0.882. The second-order valence-electron chi connectivity index (χ2n) is 6.54. The monoisotopic (exact) mass is 278 g/mol. The van der Waals surface area contributed by atoms with Crippen molar-refractivity contribution in [3.8, 4) is 0 Å². The molecule has 0 saturated heterocycles. The van der Waals surface area contributed by atoms with Gasteiger partial charge in [0.05, 0.1) is 0 Å². The number of rotatable bonds is 6. The predicted molar refractivity (Wildman–Crippen MR) is 83.8 cm³/mol. The summed E-state index contributed by atoms with van der Waals surface area (Å²) < 4.78 is 5.31. The molecule has 19 heavy (non-hydrogen) atoms. The van der Waals surface area contributed by atoms with E-state index in [2.05, 4.69) is 12.7 Å². The zero-order valence-electron chi connectivity index (χ0n) is 12.6. The average molecular weight is 279 g/mol. The SMILES string of the molecule is C=CC[Si]C1CCC(C2CCC(COC)CC2)CC1. The van der Waals surface area contributed by atoms with Gasteiger partial charge in [0.25, 0.3) is 0 Å². The van der Waals surface area contributed by atoms with Crippen molar-refractivity contribution in [2.45, 2.75) is 63.0 Å². The van der Waals surface area contributed by atoms with Gasteiger partial charge >= 0.3 is 0 Å². The van der Waals surface area contributed by atoms with Gasteiger partial charge in [0.2, 0.25) is 0 Å². The van der Waals surface area contributed by atoms with Crippen molar-refractivity contribution in [1.29, 1.82) is 0 Å². The van der Waals surface area contributed by atoms with E-state index >= 15 is 0 Å². The maximum absolute atomic E-state index is 5.31. The van der Waals surface area contributed by atoms with Crippen LogP contribution in [0.25, 0.3) is 0 Å². The molecule has 0 N–H and O–H groups in total. The summed E-state index contributed by atoms with van der Waals surface area (Å²) in [6.45, 7) is 4.84. The van der Waals surface area contributed by atoms with Crippen LogP contribution in [0.4, 0.5) is 0 Å². The van der Waals surface area contributed by atoms with Crippen molar-refractivity contribution in [3.05, 3.63) is 12.7 Å². The van der Waals surface area contributed by atoms with Crippen LogP contribution in [-0.2, 0) is 4.74 Å². The van der Waals surface area contributed by atoms with Crippen LogP contribution in [0.5, 0.6) is 0 Å². The summed E-state index contributed by atoms with van der Waals surface area (Å²) in [5.41, 5.74) is 1.03. The minimum Gasteiger partial charge on any atom is -0.384 e. The van der Waals surface area contributed by atoms with Crippen molar-refractivity contribution >= 4 is 9.52 Å². The van der Waals surface area contributed by atoms with E-state index in [1.54, 1.807) is 0 Å². The number of hydrogen-bond acceptors (Lipinski definition) is 1. The molecule has 0 spiro atoms. The van der Waals surface area contributed by atoms with Crippen molar-refractivity contribution in [1.82, 2.24) is 0 Å². The van der Waals surface area contributed by atoms with Crippen LogP contribution in [-0.4, -0.2) is 23.2 Å². The molecule has 0 bridgehead atoms. The predicted octanol–water partition coefficient (Wildman–Crippen LogP) is 4.73. The molecule has 2 aliphatic carbocycles. The lowest BCUT2D eigenvalue weighted by Crippen LogP contribution is -2.26. The van der Waals surface area contributed by atoms with Gasteiger partial charge in [0, 0.05) is 23.2 Å². The summed E-state index contributed by atoms with van der Waals surface area (Å²) in [5.74, 6) is 2.94. The molecule has 0 aliphatic heterocycles. The van der Waals surface area contributed by atoms with E-state index in [1.807, 2.05) is 7.11 Å². The van der Waals surface area contributed by atoms with Crippen molar-refractivity contribution < 1.29 is 4.74 Å². The molecule has 2 aliphatic rings. The van der Waals surface area contributed by atoms with Gasteiger partial charge in [-0.1, -0.05) is 31.8 Å². The van der Waals surface area contributed by atoms with Crippen molar-refractivity contribution in [2.75, 3.05) is 13.7 Å². The summed E-state index contributed by atoms with van der Waals surface area (Å²) >= 11 is 0. The van der Waals surface area contributed by atoms with Crippen LogP contribution < -0.4 is 0 Å². The van der Waals surface area contributed by atoms with Gasteiger partial charge < -0.3 is 4.74 Å². The molecule has 0 atom stereocenters. The first kappa shape index (κ1) is 15.3. The Morgan fingerprint density at radius 3 is 2.11 bits per heavy atom. The highest BCUT2D eigenvalue weighted by Crippen LogP contribution is 2.42. The summed E-state index contributed by atoms with van der Waals surface area (Å²) in [5, 5.41) is 0. The third-order valence-corrected chi connectivity index (χ3v) is 6.96. The van der Waals surface area contributed by atoms with Gasteiger partial charge in [0.15, 0.2) is 0 Å². The molecule has 2 radical (unpaired) electrons. The van der Waals surface area contributed by atoms with Crippen molar-refractivity contribution in [2.24, 2.45) is 17.8 Å². The summed E-state index contributed by atoms with van der Waals surface area (Å²) in [4.78, 5) is 0. The molecule has 0 aromatic rings. The zero-order chi connectivity index (χ0) is 13.5. The quantitative estimate of drug-likeness (QED) is 0.504. The lowest BCUT2D eigenvalue weighted by atomic mass is 9.71. The fourth-order valence-electron chi connectivity index (χ4n) is 4.11. The Labute approximate surface area is 122 Å². The standard InChI is InChI=1S/C17H30OSi/c1-3-12-19-17-10-8-16(9-11-17)15-6-4-14(5-7-15)13-18-2/h3,14-17H,1,4-13H2,2H3. The molecule has 2 rings (SSSR count). The molecule has 0 aromatic carbocycles. The smallest absolute Gasteiger partial charge is 0.0490 e. The molecule has 2 saturated carbocycles. The maximum Gasteiger partial charge on any atom is 0.0490 e. The first-order valence-electron chi connectivity index (χ1n) is 8.16. The van der Waals surface area contributed by atoms with Gasteiger partial charge in [-0.05, 0) is 55.0 Å². The molecule has 1 nitrogen and oxygen atoms in total. The summed E-state index contributed by atoms with van der Waals surface area (Å²) in [6, 6.07) is 1.25. The van der Waals surface area contributed by atoms with E-state index < -0.39 is 0 Å². The average Bonchev–Trinajstić information content (AvgIpc) is 2.47. The Hall–Kier alpha value is -0.0831. The van der Waals surface area contributed by atoms with Gasteiger partial charge in [-0.25, -0.2) is 0 Å². The van der Waals surface area contributed by atoms with Crippen LogP contribution in [0, 0.1) is 17.8 Å². The van der Waals surface area contributed by atoms with Crippen molar-refractivity contribution in [3.63, 3.8) is 0 Å². The van der Waals surface area contributed by atoms with E-state index in [9.17, 15) is 0 Å². The third-order valence-electron chi connectivity index (χ3n) is 5.28. The highest BCUT2D eigenvalue weighted by Gasteiger charge is 2.30. The van der Waals surface area contributed by atoms with Gasteiger partial charge in [-0.2, -0.15) is 0 Å². The van der Waals surface area contributed by atoms with E-state index in [0.717, 1.165) is 39.4 Å². The first-order valence-corrected chi connectivity index (χ1v) is 9.45. The van der Waals surface area contributed by atoms with E-state index in [0.29, 0.717) is 0 Å². The molecule has 0 unspecified atom stereocenters. The molecule has 2 heteroatoms. The van der Waals surface area contributed by atoms with E-state index in [1.165, 1.54) is 57.4 Å². The molecule has 108 valence electrons. The Bertz CT molecular complexity index is 250. The summed E-state index contributed by atoms with van der Waals surface area (Å²) in [7, 11) is 2.99. The molecule has 0 heterocycles. The number of hydrogen-bond donors (Lipinski definition) is 0. The summed E-state index contributed by atoms with van der Waals surface area (Å²) in [6.07, 6.45) is 13.9. The fourth-order valence-corrected chi connectivity index (χ4v) is 5.35. The second kappa shape index (κ2) is 8.26. The van der Waals surface area contributed by atoms with Gasteiger partial charge in [0.1, 0.15) is 0 Å². The minimum absolute atomic E-state index is 0.853. The molecule has 2 fully saturated rings. The number of methoxy groups -OCH3 is 1. The lowest BCUT2D eigenvalue weighted by molar-refractivity contribution is 0.0985. The Morgan fingerprint density at radius 2 is 1.58 bits per heavy atom. The Morgan fingerprint density at radius 1 is 1.00 bits per heavy atom. The van der Waals surface area contributed by atoms with Crippen LogP contribution in [0.3, 0.4) is 0 Å². The largest absolute Gasteiger partial charge is 0.384 e. The van der Waals surface area contributed by atoms with E-state index in [-0.39, 0.29) is 0 Å².